The van der Waals surface area contributed by atoms with Crippen molar-refractivity contribution in [3.8, 4) is 0 Å². The zero-order valence-corrected chi connectivity index (χ0v) is 24.0. The Bertz CT molecular complexity index is 1260. The fourth-order valence-corrected chi connectivity index (χ4v) is 4.78. The van der Waals surface area contributed by atoms with Crippen molar-refractivity contribution >= 4 is 29.7 Å². The number of primary amides is 1. The summed E-state index contributed by atoms with van der Waals surface area (Å²) in [5.41, 5.74) is 4.52. The summed E-state index contributed by atoms with van der Waals surface area (Å²) in [6, 6.07) is 14.8. The molecule has 1 fully saturated rings. The minimum atomic E-state index is -2.51. The van der Waals surface area contributed by atoms with Gasteiger partial charge in [0.25, 0.3) is 5.91 Å². The lowest BCUT2D eigenvalue weighted by molar-refractivity contribution is -0.173. The number of rotatable bonds is 14. The van der Waals surface area contributed by atoms with E-state index in [4.69, 9.17) is 10.5 Å². The van der Waals surface area contributed by atoms with Crippen LogP contribution in [-0.4, -0.2) is 81.8 Å². The number of benzene rings is 2. The Morgan fingerprint density at radius 3 is 2.26 bits per heavy atom. The largest absolute Gasteiger partial charge is 0.445 e. The number of alkyl carbamates (subject to hydrolysis) is 1. The molecule has 13 nitrogen and oxygen atoms in total. The van der Waals surface area contributed by atoms with Crippen LogP contribution in [0.25, 0.3) is 0 Å². The summed E-state index contributed by atoms with van der Waals surface area (Å²) >= 11 is 0. The van der Waals surface area contributed by atoms with E-state index in [9.17, 15) is 34.2 Å². The number of nitrogens with two attached hydrogens (primary N) is 1. The second kappa shape index (κ2) is 15.7. The molecule has 0 spiro atoms. The van der Waals surface area contributed by atoms with E-state index in [0.29, 0.717) is 18.4 Å². The van der Waals surface area contributed by atoms with E-state index in [-0.39, 0.29) is 26.0 Å². The molecule has 0 unspecified atom stereocenters. The van der Waals surface area contributed by atoms with Crippen molar-refractivity contribution in [2.24, 2.45) is 5.73 Å². The lowest BCUT2D eigenvalue weighted by Crippen LogP contribution is -2.67. The van der Waals surface area contributed by atoms with Crippen molar-refractivity contribution in [1.82, 2.24) is 20.9 Å². The quantitative estimate of drug-likeness (QED) is 0.176. The molecule has 5 amide bonds. The molecular weight excluding hydrogens is 558 g/mol. The highest BCUT2D eigenvalue weighted by Crippen LogP contribution is 2.29. The third-order valence-electron chi connectivity index (χ3n) is 7.07. The molecule has 0 saturated carbocycles. The van der Waals surface area contributed by atoms with Crippen LogP contribution < -0.4 is 21.7 Å². The molecule has 2 aromatic carbocycles. The van der Waals surface area contributed by atoms with Gasteiger partial charge in [-0.1, -0.05) is 60.7 Å². The summed E-state index contributed by atoms with van der Waals surface area (Å²) in [4.78, 5) is 65.0. The smallest absolute Gasteiger partial charge is 0.408 e. The maximum absolute atomic E-state index is 13.3. The van der Waals surface area contributed by atoms with Crippen LogP contribution in [0.5, 0.6) is 0 Å². The van der Waals surface area contributed by atoms with Gasteiger partial charge < -0.3 is 41.5 Å². The van der Waals surface area contributed by atoms with Crippen molar-refractivity contribution in [2.45, 2.75) is 69.5 Å². The van der Waals surface area contributed by atoms with Crippen LogP contribution >= 0.6 is 0 Å². The first kappa shape index (κ1) is 33.0. The summed E-state index contributed by atoms with van der Waals surface area (Å²) in [6.45, 7) is 0.924. The molecule has 1 saturated heterocycles. The van der Waals surface area contributed by atoms with Crippen molar-refractivity contribution in [1.29, 1.82) is 0 Å². The van der Waals surface area contributed by atoms with E-state index in [2.05, 4.69) is 16.0 Å². The monoisotopic (exact) mass is 597 g/mol. The average Bonchev–Trinajstić information content (AvgIpc) is 3.33. The van der Waals surface area contributed by atoms with Crippen molar-refractivity contribution < 1.29 is 38.9 Å². The minimum absolute atomic E-state index is 0.00463. The minimum Gasteiger partial charge on any atom is -0.445 e. The highest BCUT2D eigenvalue weighted by molar-refractivity contribution is 5.94. The zero-order valence-electron chi connectivity index (χ0n) is 24.0. The van der Waals surface area contributed by atoms with Gasteiger partial charge in [-0.2, -0.15) is 0 Å². The van der Waals surface area contributed by atoms with Crippen LogP contribution in [0.3, 0.4) is 0 Å². The molecule has 0 aromatic heterocycles. The number of nitrogens with one attached hydrogen (secondary N) is 3. The molecular formula is C30H39N5O8. The van der Waals surface area contributed by atoms with Gasteiger partial charge in [-0.25, -0.2) is 4.79 Å². The Morgan fingerprint density at radius 2 is 1.65 bits per heavy atom. The Balaban J connectivity index is 1.72. The third kappa shape index (κ3) is 9.25. The highest BCUT2D eigenvalue weighted by atomic mass is 16.5. The van der Waals surface area contributed by atoms with E-state index in [0.717, 1.165) is 10.5 Å². The molecule has 7 N–H and O–H groups in total. The Hall–Kier alpha value is -4.49. The van der Waals surface area contributed by atoms with Crippen LogP contribution in [0.1, 0.15) is 43.7 Å². The second-order valence-electron chi connectivity index (χ2n) is 10.4. The number of amides is 5. The first-order valence-electron chi connectivity index (χ1n) is 14.1. The average molecular weight is 598 g/mol. The Kier molecular flexibility index (Phi) is 12.0. The van der Waals surface area contributed by atoms with Gasteiger partial charge in [0.05, 0.1) is 19.1 Å². The van der Waals surface area contributed by atoms with E-state index >= 15 is 0 Å². The van der Waals surface area contributed by atoms with Crippen LogP contribution in [0.4, 0.5) is 4.79 Å². The number of carbonyl (C=O) groups is 5. The van der Waals surface area contributed by atoms with Crippen molar-refractivity contribution in [3.05, 3.63) is 71.8 Å². The van der Waals surface area contributed by atoms with E-state index in [1.807, 2.05) is 30.3 Å². The summed E-state index contributed by atoms with van der Waals surface area (Å²) < 4.78 is 5.14. The van der Waals surface area contributed by atoms with Gasteiger partial charge in [0, 0.05) is 19.0 Å². The van der Waals surface area contributed by atoms with Crippen LogP contribution in [-0.2, 0) is 36.9 Å². The van der Waals surface area contributed by atoms with Gasteiger partial charge in [0.1, 0.15) is 12.6 Å². The van der Waals surface area contributed by atoms with Gasteiger partial charge in [0.2, 0.25) is 23.4 Å². The molecule has 0 aliphatic carbocycles. The van der Waals surface area contributed by atoms with Crippen LogP contribution in [0.2, 0.25) is 0 Å². The number of aliphatic hydroxyl groups is 2. The lowest BCUT2D eigenvalue weighted by Gasteiger charge is -2.37. The fraction of sp³-hybridized carbons (Fsp3) is 0.433. The number of aliphatic hydroxyl groups excluding tert-OH is 1. The molecule has 3 rings (SSSR count). The maximum atomic E-state index is 13.3. The first-order valence-corrected chi connectivity index (χ1v) is 14.1. The third-order valence-corrected chi connectivity index (χ3v) is 7.07. The van der Waals surface area contributed by atoms with Gasteiger partial charge >= 0.3 is 6.09 Å². The highest BCUT2D eigenvalue weighted by Gasteiger charge is 2.56. The molecule has 13 heteroatoms. The number of likely N-dealkylation sites (tertiary alicyclic amines) is 1. The first-order chi connectivity index (χ1) is 20.5. The summed E-state index contributed by atoms with van der Waals surface area (Å²) in [5.74, 6) is -3.30. The topological polar surface area (TPSA) is 200 Å². The fourth-order valence-electron chi connectivity index (χ4n) is 4.78. The van der Waals surface area contributed by atoms with Crippen molar-refractivity contribution in [2.75, 3.05) is 13.2 Å². The van der Waals surface area contributed by atoms with E-state index in [1.54, 1.807) is 30.3 Å². The number of carbonyl (C=O) groups excluding carboxylic acids is 5. The van der Waals surface area contributed by atoms with Crippen LogP contribution in [0.15, 0.2) is 60.7 Å². The number of nitrogens with zero attached hydrogens (tertiary/aromatic N) is 1. The summed E-state index contributed by atoms with van der Waals surface area (Å²) in [7, 11) is 0. The molecule has 232 valence electrons. The standard InChI is InChI=1S/C30H39N5O8/c1-20(18-36)32-28(40)30(42)24(15-16-35(30)26(38)14-8-13-21-9-4-2-5-10-21)34-27(39)23(17-25(31)37)33-29(41)43-19-22-11-6-3-7-12-22/h2-7,9-12,20,23-24,36,42H,8,13-19H2,1H3,(H2,31,37)(H,32,40)(H,33,41)(H,34,39)/t20-,23-,24-,30-/m0/s1. The van der Waals surface area contributed by atoms with Crippen molar-refractivity contribution in [3.63, 3.8) is 0 Å². The van der Waals surface area contributed by atoms with Gasteiger partial charge in [0.15, 0.2) is 0 Å². The zero-order chi connectivity index (χ0) is 31.4. The molecule has 1 heterocycles. The number of aryl methyl sites for hydroxylation is 1. The number of hydrogen-bond donors (Lipinski definition) is 6. The lowest BCUT2D eigenvalue weighted by atomic mass is 10.0. The molecule has 1 aliphatic rings. The van der Waals surface area contributed by atoms with Gasteiger partial charge in [-0.3, -0.25) is 19.2 Å². The second-order valence-corrected chi connectivity index (χ2v) is 10.4. The molecule has 2 aromatic rings. The predicted octanol–water partition coefficient (Wildman–Crippen LogP) is 0.0824. The van der Waals surface area contributed by atoms with Gasteiger partial charge in [-0.15, -0.1) is 0 Å². The van der Waals surface area contributed by atoms with E-state index in [1.165, 1.54) is 6.92 Å². The van der Waals surface area contributed by atoms with Crippen LogP contribution in [0, 0.1) is 0 Å². The Morgan fingerprint density at radius 1 is 1.02 bits per heavy atom. The summed E-state index contributed by atoms with van der Waals surface area (Å²) in [6.07, 6.45) is -0.496. The van der Waals surface area contributed by atoms with E-state index < -0.39 is 66.6 Å². The molecule has 0 radical (unpaired) electrons. The normalized spacial score (nSPS) is 19.1. The molecule has 1 aliphatic heterocycles. The molecule has 43 heavy (non-hydrogen) atoms. The number of ether oxygens (including phenoxy) is 1. The SMILES string of the molecule is C[C@@H](CO)NC(=O)[C@@]1(O)[C@@H](NC(=O)[C@H](CC(N)=O)NC(=O)OCc2ccccc2)CCN1C(=O)CCCc1ccccc1. The van der Waals surface area contributed by atoms with Gasteiger partial charge in [-0.05, 0) is 37.3 Å². The maximum Gasteiger partial charge on any atom is 0.408 e. The Labute approximate surface area is 249 Å². The molecule has 4 atom stereocenters. The number of hydrogen-bond acceptors (Lipinski definition) is 8. The predicted molar refractivity (Wildman–Crippen MR) is 155 cm³/mol. The summed E-state index contributed by atoms with van der Waals surface area (Å²) in [5, 5.41) is 28.4. The molecule has 0 bridgehead atoms.